The second kappa shape index (κ2) is 4.56. The summed E-state index contributed by atoms with van der Waals surface area (Å²) in [4.78, 5) is 0. The van der Waals surface area contributed by atoms with Gasteiger partial charge in [-0.05, 0) is 43.9 Å². The second-order valence-corrected chi connectivity index (χ2v) is 5.54. The fourth-order valence-corrected chi connectivity index (χ4v) is 2.26. The molecule has 1 saturated carbocycles. The van der Waals surface area contributed by atoms with Gasteiger partial charge in [-0.15, -0.1) is 0 Å². The third kappa shape index (κ3) is 3.23. The molecule has 0 amide bonds. The molecule has 0 heterocycles. The van der Waals surface area contributed by atoms with Crippen molar-refractivity contribution in [2.24, 2.45) is 5.92 Å². The average Bonchev–Trinajstić information content (AvgIpc) is 2.95. The summed E-state index contributed by atoms with van der Waals surface area (Å²) in [6.45, 7) is 4.38. The minimum atomic E-state index is 0.590. The molecule has 1 unspecified atom stereocenters. The summed E-state index contributed by atoms with van der Waals surface area (Å²) in [5, 5.41) is 3.55. The topological polar surface area (TPSA) is 12.0 Å². The van der Waals surface area contributed by atoms with Crippen molar-refractivity contribution in [3.05, 3.63) is 28.2 Å². The van der Waals surface area contributed by atoms with Crippen LogP contribution in [0, 0.1) is 12.8 Å². The Labute approximate surface area is 100 Å². The lowest BCUT2D eigenvalue weighted by molar-refractivity contribution is 0.642. The monoisotopic (exact) mass is 267 g/mol. The zero-order valence-electron chi connectivity index (χ0n) is 9.39. The number of hydrogen-bond acceptors (Lipinski definition) is 1. The van der Waals surface area contributed by atoms with Crippen LogP contribution in [0.5, 0.6) is 0 Å². The van der Waals surface area contributed by atoms with Gasteiger partial charge in [0.05, 0.1) is 0 Å². The molecule has 1 nitrogen and oxygen atoms in total. The van der Waals surface area contributed by atoms with E-state index in [4.69, 9.17) is 0 Å². The number of aryl methyl sites for hydroxylation is 1. The van der Waals surface area contributed by atoms with E-state index in [1.807, 2.05) is 0 Å². The maximum absolute atomic E-state index is 3.56. The maximum atomic E-state index is 3.56. The summed E-state index contributed by atoms with van der Waals surface area (Å²) in [5.74, 6) is 0.987. The molecule has 1 aliphatic carbocycles. The third-order valence-corrected chi connectivity index (χ3v) is 3.82. The minimum absolute atomic E-state index is 0.590. The van der Waals surface area contributed by atoms with Gasteiger partial charge >= 0.3 is 0 Å². The van der Waals surface area contributed by atoms with Crippen LogP contribution in [0.1, 0.15) is 31.7 Å². The molecular formula is C13H18BrN. The fourth-order valence-electron chi connectivity index (χ4n) is 1.88. The Morgan fingerprint density at radius 1 is 1.47 bits per heavy atom. The number of hydrogen-bond donors (Lipinski definition) is 1. The van der Waals surface area contributed by atoms with Gasteiger partial charge in [-0.25, -0.2) is 0 Å². The van der Waals surface area contributed by atoms with E-state index in [9.17, 15) is 0 Å². The predicted octanol–water partition coefficient (Wildman–Crippen LogP) is 4.36. The minimum Gasteiger partial charge on any atom is -0.383 e. The van der Waals surface area contributed by atoms with Gasteiger partial charge < -0.3 is 5.32 Å². The highest BCUT2D eigenvalue weighted by molar-refractivity contribution is 9.10. The van der Waals surface area contributed by atoms with Crippen LogP contribution < -0.4 is 5.32 Å². The first-order valence-corrected chi connectivity index (χ1v) is 6.47. The lowest BCUT2D eigenvalue weighted by Gasteiger charge is -2.15. The highest BCUT2D eigenvalue weighted by Crippen LogP contribution is 2.34. The van der Waals surface area contributed by atoms with Crippen molar-refractivity contribution >= 4 is 21.6 Å². The highest BCUT2D eigenvalue weighted by Gasteiger charge is 2.23. The molecular weight excluding hydrogens is 250 g/mol. The summed E-state index contributed by atoms with van der Waals surface area (Å²) in [5.41, 5.74) is 2.51. The summed E-state index contributed by atoms with van der Waals surface area (Å²) in [6.07, 6.45) is 4.18. The first kappa shape index (κ1) is 11.0. The Morgan fingerprint density at radius 2 is 2.20 bits per heavy atom. The average molecular weight is 268 g/mol. The van der Waals surface area contributed by atoms with Crippen LogP contribution >= 0.6 is 15.9 Å². The van der Waals surface area contributed by atoms with Crippen molar-refractivity contribution in [2.45, 2.75) is 39.2 Å². The van der Waals surface area contributed by atoms with E-state index in [0.29, 0.717) is 6.04 Å². The van der Waals surface area contributed by atoms with Crippen LogP contribution in [-0.2, 0) is 0 Å². The molecule has 1 atom stereocenters. The van der Waals surface area contributed by atoms with E-state index < -0.39 is 0 Å². The molecule has 0 aromatic heterocycles. The molecule has 2 rings (SSSR count). The van der Waals surface area contributed by atoms with Gasteiger partial charge in [0, 0.05) is 16.2 Å². The van der Waals surface area contributed by atoms with Gasteiger partial charge in [-0.3, -0.25) is 0 Å². The van der Waals surface area contributed by atoms with Gasteiger partial charge in [0.25, 0.3) is 0 Å². The second-order valence-electron chi connectivity index (χ2n) is 4.69. The summed E-state index contributed by atoms with van der Waals surface area (Å²) in [7, 11) is 0. The number of benzene rings is 1. The molecule has 0 aliphatic heterocycles. The molecule has 1 aromatic rings. The number of rotatable bonds is 4. The van der Waals surface area contributed by atoms with Crippen molar-refractivity contribution in [3.8, 4) is 0 Å². The molecule has 1 aliphatic rings. The Morgan fingerprint density at radius 3 is 2.80 bits per heavy atom. The van der Waals surface area contributed by atoms with Crippen molar-refractivity contribution in [1.82, 2.24) is 0 Å². The first-order valence-electron chi connectivity index (χ1n) is 5.68. The zero-order chi connectivity index (χ0) is 10.8. The summed E-state index contributed by atoms with van der Waals surface area (Å²) < 4.78 is 1.19. The Kier molecular flexibility index (Phi) is 3.35. The first-order chi connectivity index (χ1) is 7.15. The van der Waals surface area contributed by atoms with E-state index in [0.717, 1.165) is 5.92 Å². The molecule has 0 spiro atoms. The Bertz CT molecular complexity index is 344. The van der Waals surface area contributed by atoms with Crippen molar-refractivity contribution < 1.29 is 0 Å². The van der Waals surface area contributed by atoms with Gasteiger partial charge in [-0.2, -0.15) is 0 Å². The standard InChI is InChI=1S/C13H18BrN/c1-9-3-6-12(8-13(9)14)15-10(2)7-11-4-5-11/h3,6,8,10-11,15H,4-5,7H2,1-2H3. The lowest BCUT2D eigenvalue weighted by Crippen LogP contribution is -2.15. The Balaban J connectivity index is 1.93. The predicted molar refractivity (Wildman–Crippen MR) is 69.3 cm³/mol. The fraction of sp³-hybridized carbons (Fsp3) is 0.538. The van der Waals surface area contributed by atoms with E-state index in [1.54, 1.807) is 0 Å². The molecule has 1 fully saturated rings. The Hall–Kier alpha value is -0.500. The SMILES string of the molecule is Cc1ccc(NC(C)CC2CC2)cc1Br. The van der Waals surface area contributed by atoms with Gasteiger partial charge in [0.2, 0.25) is 0 Å². The van der Waals surface area contributed by atoms with E-state index in [-0.39, 0.29) is 0 Å². The van der Waals surface area contributed by atoms with Crippen molar-refractivity contribution in [1.29, 1.82) is 0 Å². The molecule has 0 saturated heterocycles. The van der Waals surface area contributed by atoms with Crippen molar-refractivity contribution in [3.63, 3.8) is 0 Å². The van der Waals surface area contributed by atoms with Gasteiger partial charge in [-0.1, -0.05) is 34.8 Å². The summed E-state index contributed by atoms with van der Waals surface area (Å²) in [6, 6.07) is 7.06. The van der Waals surface area contributed by atoms with Gasteiger partial charge in [0.1, 0.15) is 0 Å². The molecule has 82 valence electrons. The molecule has 2 heteroatoms. The normalized spacial score (nSPS) is 17.5. The number of nitrogens with one attached hydrogen (secondary N) is 1. The van der Waals surface area contributed by atoms with Crippen LogP contribution in [0.25, 0.3) is 0 Å². The number of halogens is 1. The van der Waals surface area contributed by atoms with Crippen LogP contribution in [0.3, 0.4) is 0 Å². The maximum Gasteiger partial charge on any atom is 0.0353 e. The molecule has 15 heavy (non-hydrogen) atoms. The molecule has 1 aromatic carbocycles. The molecule has 0 radical (unpaired) electrons. The smallest absolute Gasteiger partial charge is 0.0353 e. The highest BCUT2D eigenvalue weighted by atomic mass is 79.9. The van der Waals surface area contributed by atoms with Crippen molar-refractivity contribution in [2.75, 3.05) is 5.32 Å². The lowest BCUT2D eigenvalue weighted by atomic mass is 10.1. The third-order valence-electron chi connectivity index (χ3n) is 2.97. The van der Waals surface area contributed by atoms with E-state index in [1.165, 1.54) is 35.0 Å². The largest absolute Gasteiger partial charge is 0.383 e. The summed E-state index contributed by atoms with van der Waals surface area (Å²) >= 11 is 3.56. The zero-order valence-corrected chi connectivity index (χ0v) is 11.0. The van der Waals surface area contributed by atoms with E-state index in [2.05, 4.69) is 53.3 Å². The van der Waals surface area contributed by atoms with E-state index >= 15 is 0 Å². The molecule has 1 N–H and O–H groups in total. The van der Waals surface area contributed by atoms with Gasteiger partial charge in [0.15, 0.2) is 0 Å². The van der Waals surface area contributed by atoms with Crippen LogP contribution in [0.2, 0.25) is 0 Å². The quantitative estimate of drug-likeness (QED) is 0.855. The molecule has 0 bridgehead atoms. The van der Waals surface area contributed by atoms with Crippen LogP contribution in [0.4, 0.5) is 5.69 Å². The number of anilines is 1. The van der Waals surface area contributed by atoms with Crippen LogP contribution in [0.15, 0.2) is 22.7 Å². The van der Waals surface area contributed by atoms with Crippen LogP contribution in [-0.4, -0.2) is 6.04 Å².